The van der Waals surface area contributed by atoms with E-state index < -0.39 is 17.9 Å². The van der Waals surface area contributed by atoms with Gasteiger partial charge in [-0.1, -0.05) is 93.1 Å². The molecule has 0 saturated heterocycles. The van der Waals surface area contributed by atoms with E-state index in [0.717, 1.165) is 17.2 Å². The van der Waals surface area contributed by atoms with E-state index in [-0.39, 0.29) is 5.57 Å². The van der Waals surface area contributed by atoms with Crippen molar-refractivity contribution in [1.29, 1.82) is 0 Å². The second kappa shape index (κ2) is 12.3. The van der Waals surface area contributed by atoms with Crippen LogP contribution in [0.25, 0.3) is 23.8 Å². The fourth-order valence-corrected chi connectivity index (χ4v) is 2.35. The molecule has 30 heavy (non-hydrogen) atoms. The molecule has 0 spiro atoms. The number of carboxylic acids is 1. The molecule has 5 heteroatoms. The fourth-order valence-electron chi connectivity index (χ4n) is 2.35. The van der Waals surface area contributed by atoms with Gasteiger partial charge in [-0.15, -0.1) is 0 Å². The van der Waals surface area contributed by atoms with Gasteiger partial charge in [0.25, 0.3) is 0 Å². The third-order valence-corrected chi connectivity index (χ3v) is 3.74. The van der Waals surface area contributed by atoms with Crippen LogP contribution in [0.3, 0.4) is 0 Å². The smallest absolute Gasteiger partial charge is 0.346 e. The van der Waals surface area contributed by atoms with E-state index in [1.807, 2.05) is 42.5 Å². The summed E-state index contributed by atoms with van der Waals surface area (Å²) in [5, 5.41) is 7.60. The number of benzene rings is 2. The summed E-state index contributed by atoms with van der Waals surface area (Å²) in [4.78, 5) is 31.8. The van der Waals surface area contributed by atoms with Crippen LogP contribution in [-0.2, 0) is 19.1 Å². The van der Waals surface area contributed by atoms with Crippen molar-refractivity contribution in [3.63, 3.8) is 0 Å². The molecule has 0 amide bonds. The summed E-state index contributed by atoms with van der Waals surface area (Å²) in [5.74, 6) is -2.24. The number of carbonyl (C=O) groups excluding carboxylic acids is 2. The van der Waals surface area contributed by atoms with Gasteiger partial charge < -0.3 is 9.84 Å². The average Bonchev–Trinajstić information content (AvgIpc) is 3.12. The monoisotopic (exact) mass is 402 g/mol. The number of carboxylic acid groups (broad SMARTS) is 1. The zero-order valence-corrected chi connectivity index (χ0v) is 16.4. The number of carbonyl (C=O) groups is 3. The lowest BCUT2D eigenvalue weighted by molar-refractivity contribution is -0.149. The second-order valence-corrected chi connectivity index (χ2v) is 5.64. The minimum atomic E-state index is -0.981. The van der Waals surface area contributed by atoms with Gasteiger partial charge in [0.1, 0.15) is 0 Å². The molecule has 0 atom stereocenters. The molecule has 1 N–H and O–H groups in total. The molecule has 0 bridgehead atoms. The summed E-state index contributed by atoms with van der Waals surface area (Å²) in [6.07, 6.45) is 7.16. The SMILES string of the molecule is C=CC(=O)O.C=Cc1cccc(C2=CC(=O)OC2=O)c1C=C.C=Cc1ccccc1. The Balaban J connectivity index is 0.000000286. The highest BCUT2D eigenvalue weighted by atomic mass is 16.6. The third kappa shape index (κ3) is 7.05. The molecule has 1 aliphatic heterocycles. The van der Waals surface area contributed by atoms with Crippen molar-refractivity contribution in [3.05, 3.63) is 109 Å². The third-order valence-electron chi connectivity index (χ3n) is 3.74. The van der Waals surface area contributed by atoms with Crippen LogP contribution in [0.15, 0.2) is 87.0 Å². The van der Waals surface area contributed by atoms with E-state index in [2.05, 4.69) is 31.1 Å². The van der Waals surface area contributed by atoms with Crippen LogP contribution in [-0.4, -0.2) is 23.0 Å². The van der Waals surface area contributed by atoms with Gasteiger partial charge in [-0.2, -0.15) is 0 Å². The van der Waals surface area contributed by atoms with E-state index in [9.17, 15) is 14.4 Å². The Morgan fingerprint density at radius 1 is 0.867 bits per heavy atom. The van der Waals surface area contributed by atoms with Crippen LogP contribution in [0.2, 0.25) is 0 Å². The van der Waals surface area contributed by atoms with Crippen LogP contribution in [0.5, 0.6) is 0 Å². The standard InChI is InChI=1S/C14H10O3.C8H8.C3H4O2/c1-3-9-6-5-7-11(10(9)4-2)12-8-13(15)17-14(12)16;1-2-8-6-4-3-5-7-8;1-2-3(4)5/h3-8H,1-2H2;2-7H,1H2;2H,1H2,(H,4,5). The normalized spacial score (nSPS) is 11.4. The number of cyclic esters (lactones) is 2. The van der Waals surface area contributed by atoms with Gasteiger partial charge in [-0.3, -0.25) is 0 Å². The van der Waals surface area contributed by atoms with Crippen LogP contribution in [0, 0.1) is 0 Å². The minimum absolute atomic E-state index is 0.258. The Hall–Kier alpha value is -4.25. The number of aliphatic carboxylic acids is 1. The zero-order valence-electron chi connectivity index (χ0n) is 16.4. The summed E-state index contributed by atoms with van der Waals surface area (Å²) in [6, 6.07) is 15.4. The zero-order chi connectivity index (χ0) is 22.5. The molecule has 0 radical (unpaired) electrons. The van der Waals surface area contributed by atoms with Crippen molar-refractivity contribution >= 4 is 41.7 Å². The number of esters is 2. The predicted molar refractivity (Wildman–Crippen MR) is 120 cm³/mol. The Labute approximate surface area is 175 Å². The fraction of sp³-hybridized carbons (Fsp3) is 0. The molecular weight excluding hydrogens is 380 g/mol. The lowest BCUT2D eigenvalue weighted by Crippen LogP contribution is -2.02. The molecular formula is C25H22O5. The topological polar surface area (TPSA) is 80.7 Å². The molecule has 0 saturated carbocycles. The van der Waals surface area contributed by atoms with Crippen molar-refractivity contribution in [2.75, 3.05) is 0 Å². The Morgan fingerprint density at radius 2 is 1.50 bits per heavy atom. The summed E-state index contributed by atoms with van der Waals surface area (Å²) in [6.45, 7) is 14.0. The van der Waals surface area contributed by atoms with Crippen LogP contribution in [0.4, 0.5) is 0 Å². The second-order valence-electron chi connectivity index (χ2n) is 5.64. The van der Waals surface area contributed by atoms with Crippen molar-refractivity contribution in [2.24, 2.45) is 0 Å². The first kappa shape index (κ1) is 23.8. The predicted octanol–water partition coefficient (Wildman–Crippen LogP) is 5.03. The number of hydrogen-bond acceptors (Lipinski definition) is 4. The first-order valence-electron chi connectivity index (χ1n) is 8.76. The van der Waals surface area contributed by atoms with Crippen molar-refractivity contribution in [1.82, 2.24) is 0 Å². The number of rotatable bonds is 5. The number of hydrogen-bond donors (Lipinski definition) is 1. The lowest BCUT2D eigenvalue weighted by atomic mass is 9.95. The first-order valence-corrected chi connectivity index (χ1v) is 8.76. The maximum absolute atomic E-state index is 11.5. The molecule has 5 nitrogen and oxygen atoms in total. The van der Waals surface area contributed by atoms with Gasteiger partial charge in [-0.25, -0.2) is 14.4 Å². The van der Waals surface area contributed by atoms with Crippen molar-refractivity contribution in [3.8, 4) is 0 Å². The highest BCUT2D eigenvalue weighted by Crippen LogP contribution is 2.28. The van der Waals surface area contributed by atoms with Gasteiger partial charge in [0.2, 0.25) is 0 Å². The van der Waals surface area contributed by atoms with E-state index in [4.69, 9.17) is 5.11 Å². The molecule has 1 heterocycles. The number of ether oxygens (including phenoxy) is 1. The van der Waals surface area contributed by atoms with Crippen molar-refractivity contribution in [2.45, 2.75) is 0 Å². The van der Waals surface area contributed by atoms with Crippen LogP contribution < -0.4 is 0 Å². The molecule has 0 unspecified atom stereocenters. The maximum Gasteiger partial charge on any atom is 0.346 e. The molecule has 2 aromatic rings. The quantitative estimate of drug-likeness (QED) is 0.431. The Bertz CT molecular complexity index is 997. The van der Waals surface area contributed by atoms with Gasteiger partial charge in [0.15, 0.2) is 0 Å². The molecule has 0 fully saturated rings. The summed E-state index contributed by atoms with van der Waals surface area (Å²) < 4.78 is 4.47. The highest BCUT2D eigenvalue weighted by Gasteiger charge is 2.26. The highest BCUT2D eigenvalue weighted by molar-refractivity contribution is 6.28. The van der Waals surface area contributed by atoms with Crippen molar-refractivity contribution < 1.29 is 24.2 Å². The summed E-state index contributed by atoms with van der Waals surface area (Å²) in [7, 11) is 0. The molecule has 0 aromatic heterocycles. The molecule has 152 valence electrons. The molecule has 1 aliphatic rings. The van der Waals surface area contributed by atoms with E-state index >= 15 is 0 Å². The largest absolute Gasteiger partial charge is 0.478 e. The summed E-state index contributed by atoms with van der Waals surface area (Å²) in [5.41, 5.74) is 3.68. The van der Waals surface area contributed by atoms with Gasteiger partial charge >= 0.3 is 17.9 Å². The van der Waals surface area contributed by atoms with E-state index in [0.29, 0.717) is 5.56 Å². The average molecular weight is 402 g/mol. The summed E-state index contributed by atoms with van der Waals surface area (Å²) >= 11 is 0. The van der Waals surface area contributed by atoms with E-state index in [1.54, 1.807) is 24.3 Å². The van der Waals surface area contributed by atoms with Crippen LogP contribution in [0.1, 0.15) is 22.3 Å². The first-order chi connectivity index (χ1) is 14.4. The molecule has 2 aromatic carbocycles. The van der Waals surface area contributed by atoms with Crippen LogP contribution >= 0.6 is 0 Å². The molecule has 0 aliphatic carbocycles. The minimum Gasteiger partial charge on any atom is -0.478 e. The van der Waals surface area contributed by atoms with Gasteiger partial charge in [-0.05, 0) is 22.3 Å². The van der Waals surface area contributed by atoms with Gasteiger partial charge in [0.05, 0.1) is 5.57 Å². The Kier molecular flexibility index (Phi) is 9.72. The van der Waals surface area contributed by atoms with E-state index in [1.165, 1.54) is 11.6 Å². The van der Waals surface area contributed by atoms with Gasteiger partial charge in [0, 0.05) is 12.2 Å². The Morgan fingerprint density at radius 3 is 1.90 bits per heavy atom. The lowest BCUT2D eigenvalue weighted by Gasteiger charge is -2.08. The maximum atomic E-state index is 11.5. The molecule has 3 rings (SSSR count).